The number of hydrogen-bond acceptors (Lipinski definition) is 1. The summed E-state index contributed by atoms with van der Waals surface area (Å²) in [6.45, 7) is 4.23. The van der Waals surface area contributed by atoms with E-state index in [4.69, 9.17) is 0 Å². The van der Waals surface area contributed by atoms with Crippen LogP contribution in [0.15, 0.2) is 0 Å². The fourth-order valence-electron chi connectivity index (χ4n) is 2.30. The van der Waals surface area contributed by atoms with Crippen molar-refractivity contribution in [1.29, 1.82) is 0 Å². The van der Waals surface area contributed by atoms with E-state index in [2.05, 4.69) is 6.92 Å². The van der Waals surface area contributed by atoms with Gasteiger partial charge in [-0.25, -0.2) is 0 Å². The maximum atomic E-state index is 11.2. The summed E-state index contributed by atoms with van der Waals surface area (Å²) in [5.74, 6) is 0.136. The lowest BCUT2D eigenvalue weighted by molar-refractivity contribution is -0.150. The fourth-order valence-corrected chi connectivity index (χ4v) is 2.30. The summed E-state index contributed by atoms with van der Waals surface area (Å²) in [5, 5.41) is 9.20. The van der Waals surface area contributed by atoms with Crippen molar-refractivity contribution in [3.63, 3.8) is 0 Å². The summed E-state index contributed by atoms with van der Waals surface area (Å²) >= 11 is 0. The minimum atomic E-state index is -0.580. The second-order valence-electron chi connectivity index (χ2n) is 4.48. The maximum absolute atomic E-state index is 11.2. The number of carboxylic acid groups (broad SMARTS) is 1. The van der Waals surface area contributed by atoms with E-state index in [0.29, 0.717) is 5.92 Å². The Kier molecular flexibility index (Phi) is 3.34. The van der Waals surface area contributed by atoms with Gasteiger partial charge in [-0.2, -0.15) is 0 Å². The molecule has 1 saturated carbocycles. The highest BCUT2D eigenvalue weighted by Crippen LogP contribution is 2.39. The molecule has 0 aromatic carbocycles. The number of carboxylic acids is 1. The Morgan fingerprint density at radius 3 is 2.69 bits per heavy atom. The van der Waals surface area contributed by atoms with Gasteiger partial charge in [0.05, 0.1) is 5.41 Å². The summed E-state index contributed by atoms with van der Waals surface area (Å²) in [7, 11) is 0. The molecule has 0 aromatic heterocycles. The van der Waals surface area contributed by atoms with Gasteiger partial charge in [-0.3, -0.25) is 4.79 Å². The zero-order valence-corrected chi connectivity index (χ0v) is 8.68. The first-order chi connectivity index (χ1) is 6.10. The standard InChI is InChI=1S/C11H20O2/c1-3-11(10(12)13)7-4-5-9(2)6-8-11/h9H,3-8H2,1-2H3,(H,12,13). The Morgan fingerprint density at radius 2 is 2.15 bits per heavy atom. The molecule has 2 atom stereocenters. The van der Waals surface area contributed by atoms with Crippen LogP contribution in [0.2, 0.25) is 0 Å². The van der Waals surface area contributed by atoms with Crippen molar-refractivity contribution in [1.82, 2.24) is 0 Å². The van der Waals surface area contributed by atoms with Crippen molar-refractivity contribution in [2.75, 3.05) is 0 Å². The molecule has 1 rings (SSSR count). The van der Waals surface area contributed by atoms with Crippen LogP contribution in [0.4, 0.5) is 0 Å². The number of aliphatic carboxylic acids is 1. The van der Waals surface area contributed by atoms with E-state index in [-0.39, 0.29) is 0 Å². The van der Waals surface area contributed by atoms with Crippen LogP contribution in [-0.2, 0) is 4.79 Å². The molecule has 2 nitrogen and oxygen atoms in total. The van der Waals surface area contributed by atoms with Crippen LogP contribution in [0.25, 0.3) is 0 Å². The van der Waals surface area contributed by atoms with E-state index in [1.807, 2.05) is 6.92 Å². The third-order valence-electron chi connectivity index (χ3n) is 3.60. The molecule has 2 heteroatoms. The average Bonchev–Trinajstić information content (AvgIpc) is 2.28. The molecule has 0 radical (unpaired) electrons. The SMILES string of the molecule is CCC1(C(=O)O)CCCC(C)CC1. The van der Waals surface area contributed by atoms with E-state index in [1.54, 1.807) is 0 Å². The molecular formula is C11H20O2. The second-order valence-corrected chi connectivity index (χ2v) is 4.48. The Morgan fingerprint density at radius 1 is 1.46 bits per heavy atom. The predicted octanol–water partition coefficient (Wildman–Crippen LogP) is 3.07. The quantitative estimate of drug-likeness (QED) is 0.670. The smallest absolute Gasteiger partial charge is 0.309 e. The van der Waals surface area contributed by atoms with Gasteiger partial charge in [0.2, 0.25) is 0 Å². The Hall–Kier alpha value is -0.530. The van der Waals surface area contributed by atoms with Crippen molar-refractivity contribution in [2.24, 2.45) is 11.3 Å². The van der Waals surface area contributed by atoms with Crippen molar-refractivity contribution < 1.29 is 9.90 Å². The largest absolute Gasteiger partial charge is 0.481 e. The van der Waals surface area contributed by atoms with Gasteiger partial charge in [-0.05, 0) is 31.6 Å². The highest BCUT2D eigenvalue weighted by atomic mass is 16.4. The van der Waals surface area contributed by atoms with Gasteiger partial charge >= 0.3 is 5.97 Å². The van der Waals surface area contributed by atoms with Gasteiger partial charge in [0.1, 0.15) is 0 Å². The van der Waals surface area contributed by atoms with E-state index >= 15 is 0 Å². The first-order valence-corrected chi connectivity index (χ1v) is 5.34. The van der Waals surface area contributed by atoms with Crippen LogP contribution in [-0.4, -0.2) is 11.1 Å². The van der Waals surface area contributed by atoms with Gasteiger partial charge in [-0.15, -0.1) is 0 Å². The maximum Gasteiger partial charge on any atom is 0.309 e. The van der Waals surface area contributed by atoms with Crippen molar-refractivity contribution in [2.45, 2.75) is 52.4 Å². The van der Waals surface area contributed by atoms with Crippen LogP contribution in [0.1, 0.15) is 52.4 Å². The van der Waals surface area contributed by atoms with Crippen molar-refractivity contribution in [3.8, 4) is 0 Å². The highest BCUT2D eigenvalue weighted by molar-refractivity contribution is 5.74. The van der Waals surface area contributed by atoms with Crippen LogP contribution >= 0.6 is 0 Å². The summed E-state index contributed by atoms with van der Waals surface area (Å²) in [6.07, 6.45) is 5.91. The lowest BCUT2D eigenvalue weighted by Crippen LogP contribution is -2.29. The van der Waals surface area contributed by atoms with Gasteiger partial charge < -0.3 is 5.11 Å². The number of carbonyl (C=O) groups is 1. The van der Waals surface area contributed by atoms with Crippen LogP contribution < -0.4 is 0 Å². The van der Waals surface area contributed by atoms with Crippen LogP contribution in [0.5, 0.6) is 0 Å². The molecule has 2 unspecified atom stereocenters. The molecule has 0 bridgehead atoms. The average molecular weight is 184 g/mol. The van der Waals surface area contributed by atoms with Gasteiger partial charge in [-0.1, -0.05) is 26.7 Å². The Labute approximate surface area is 80.3 Å². The molecule has 13 heavy (non-hydrogen) atoms. The molecule has 0 heterocycles. The topological polar surface area (TPSA) is 37.3 Å². The molecule has 76 valence electrons. The second kappa shape index (κ2) is 4.12. The third-order valence-corrected chi connectivity index (χ3v) is 3.60. The molecule has 0 aromatic rings. The molecule has 1 fully saturated rings. The monoisotopic (exact) mass is 184 g/mol. The summed E-state index contributed by atoms with van der Waals surface area (Å²) in [5.41, 5.74) is -0.398. The minimum Gasteiger partial charge on any atom is -0.481 e. The van der Waals surface area contributed by atoms with E-state index < -0.39 is 11.4 Å². The van der Waals surface area contributed by atoms with Crippen molar-refractivity contribution in [3.05, 3.63) is 0 Å². The molecule has 1 aliphatic carbocycles. The van der Waals surface area contributed by atoms with Gasteiger partial charge in [0.25, 0.3) is 0 Å². The van der Waals surface area contributed by atoms with E-state index in [9.17, 15) is 9.90 Å². The first kappa shape index (κ1) is 10.6. The fraction of sp³-hybridized carbons (Fsp3) is 0.909. The minimum absolute atomic E-state index is 0.398. The Bertz CT molecular complexity index is 189. The Balaban J connectivity index is 2.69. The summed E-state index contributed by atoms with van der Waals surface area (Å²) in [6, 6.07) is 0. The molecule has 1 aliphatic rings. The number of rotatable bonds is 2. The summed E-state index contributed by atoms with van der Waals surface area (Å²) < 4.78 is 0. The molecule has 1 N–H and O–H groups in total. The highest BCUT2D eigenvalue weighted by Gasteiger charge is 2.37. The lowest BCUT2D eigenvalue weighted by atomic mass is 9.78. The van der Waals surface area contributed by atoms with Gasteiger partial charge in [0, 0.05) is 0 Å². The van der Waals surface area contributed by atoms with Crippen LogP contribution in [0.3, 0.4) is 0 Å². The molecular weight excluding hydrogens is 164 g/mol. The predicted molar refractivity (Wildman–Crippen MR) is 52.6 cm³/mol. The zero-order valence-electron chi connectivity index (χ0n) is 8.68. The molecule has 0 spiro atoms. The third kappa shape index (κ3) is 2.23. The zero-order chi connectivity index (χ0) is 9.90. The number of hydrogen-bond donors (Lipinski definition) is 1. The van der Waals surface area contributed by atoms with E-state index in [1.165, 1.54) is 6.42 Å². The molecule has 0 amide bonds. The van der Waals surface area contributed by atoms with Crippen molar-refractivity contribution >= 4 is 5.97 Å². The molecule has 0 saturated heterocycles. The first-order valence-electron chi connectivity index (χ1n) is 5.34. The molecule has 0 aliphatic heterocycles. The summed E-state index contributed by atoms with van der Waals surface area (Å²) in [4.78, 5) is 11.2. The van der Waals surface area contributed by atoms with E-state index in [0.717, 1.165) is 32.1 Å². The normalized spacial score (nSPS) is 35.4. The van der Waals surface area contributed by atoms with Gasteiger partial charge in [0.15, 0.2) is 0 Å². The lowest BCUT2D eigenvalue weighted by Gasteiger charge is -2.26. The van der Waals surface area contributed by atoms with Crippen LogP contribution in [0, 0.1) is 11.3 Å².